The van der Waals surface area contributed by atoms with Gasteiger partial charge in [-0.25, -0.2) is 0 Å². The Morgan fingerprint density at radius 2 is 1.74 bits per heavy atom. The second kappa shape index (κ2) is 9.03. The third-order valence-electron chi connectivity index (χ3n) is 6.73. The molecule has 4 aromatic rings. The van der Waals surface area contributed by atoms with Gasteiger partial charge in [0.2, 0.25) is 0 Å². The van der Waals surface area contributed by atoms with Crippen molar-refractivity contribution in [2.45, 2.75) is 46.3 Å². The van der Waals surface area contributed by atoms with E-state index in [4.69, 9.17) is 12.2 Å². The van der Waals surface area contributed by atoms with Crippen LogP contribution in [0.3, 0.4) is 0 Å². The van der Waals surface area contributed by atoms with Crippen molar-refractivity contribution in [2.75, 3.05) is 0 Å². The SMILES string of the molecule is Cc1cccc(C)c1-n1c(C)cc([C@@H]2[C@@H](c3ccccn3)NC(=S)N2Cc2cccnc2)c1C. The molecule has 1 aromatic carbocycles. The summed E-state index contributed by atoms with van der Waals surface area (Å²) in [6, 6.07) is 18.9. The van der Waals surface area contributed by atoms with Crippen LogP contribution in [0.15, 0.2) is 73.2 Å². The van der Waals surface area contributed by atoms with E-state index in [1.807, 2.05) is 30.6 Å². The molecule has 1 fully saturated rings. The highest BCUT2D eigenvalue weighted by atomic mass is 32.1. The molecule has 0 saturated carbocycles. The number of hydrogen-bond acceptors (Lipinski definition) is 3. The summed E-state index contributed by atoms with van der Waals surface area (Å²) in [5.74, 6) is 0. The fourth-order valence-electron chi connectivity index (χ4n) is 5.19. The first-order valence-corrected chi connectivity index (χ1v) is 12.0. The molecular formula is C28H29N5S. The van der Waals surface area contributed by atoms with E-state index in [0.717, 1.165) is 16.4 Å². The van der Waals surface area contributed by atoms with E-state index >= 15 is 0 Å². The average Bonchev–Trinajstić information content (AvgIpc) is 3.31. The second-order valence-electron chi connectivity index (χ2n) is 9.02. The van der Waals surface area contributed by atoms with Crippen molar-refractivity contribution >= 4 is 17.3 Å². The predicted molar refractivity (Wildman–Crippen MR) is 140 cm³/mol. The Morgan fingerprint density at radius 3 is 2.41 bits per heavy atom. The Labute approximate surface area is 206 Å². The molecule has 0 radical (unpaired) electrons. The van der Waals surface area contributed by atoms with Gasteiger partial charge in [-0.1, -0.05) is 30.3 Å². The molecule has 1 N–H and O–H groups in total. The fourth-order valence-corrected chi connectivity index (χ4v) is 5.50. The van der Waals surface area contributed by atoms with Gasteiger partial charge < -0.3 is 14.8 Å². The normalized spacial score (nSPS) is 17.8. The quantitative estimate of drug-likeness (QED) is 0.383. The monoisotopic (exact) mass is 467 g/mol. The molecule has 5 rings (SSSR count). The first kappa shape index (κ1) is 22.3. The van der Waals surface area contributed by atoms with Gasteiger partial charge >= 0.3 is 0 Å². The lowest BCUT2D eigenvalue weighted by atomic mass is 9.96. The van der Waals surface area contributed by atoms with Gasteiger partial charge in [-0.2, -0.15) is 0 Å². The summed E-state index contributed by atoms with van der Waals surface area (Å²) in [5.41, 5.74) is 9.59. The zero-order valence-electron chi connectivity index (χ0n) is 20.0. The van der Waals surface area contributed by atoms with Gasteiger partial charge in [0.25, 0.3) is 0 Å². The molecule has 0 bridgehead atoms. The van der Waals surface area contributed by atoms with Gasteiger partial charge in [0, 0.05) is 36.5 Å². The van der Waals surface area contributed by atoms with Crippen molar-refractivity contribution in [1.29, 1.82) is 0 Å². The number of nitrogens with zero attached hydrogens (tertiary/aromatic N) is 4. The summed E-state index contributed by atoms with van der Waals surface area (Å²) in [6.45, 7) is 9.44. The van der Waals surface area contributed by atoms with Gasteiger partial charge in [-0.05, 0) is 86.4 Å². The van der Waals surface area contributed by atoms with Crippen LogP contribution in [0.2, 0.25) is 0 Å². The molecule has 0 spiro atoms. The smallest absolute Gasteiger partial charge is 0.170 e. The molecule has 172 valence electrons. The molecule has 4 heterocycles. The van der Waals surface area contributed by atoms with E-state index in [1.54, 1.807) is 6.20 Å². The van der Waals surface area contributed by atoms with E-state index < -0.39 is 0 Å². The topological polar surface area (TPSA) is 46.0 Å². The molecule has 0 aliphatic carbocycles. The molecule has 1 aliphatic rings. The maximum Gasteiger partial charge on any atom is 0.170 e. The maximum absolute atomic E-state index is 5.87. The van der Waals surface area contributed by atoms with Crippen LogP contribution in [0.5, 0.6) is 0 Å². The Kier molecular flexibility index (Phi) is 5.92. The minimum Gasteiger partial charge on any atom is -0.352 e. The lowest BCUT2D eigenvalue weighted by Gasteiger charge is -2.28. The van der Waals surface area contributed by atoms with Crippen molar-refractivity contribution in [3.05, 3.63) is 113 Å². The van der Waals surface area contributed by atoms with E-state index in [1.165, 1.54) is 33.8 Å². The molecule has 2 atom stereocenters. The number of rotatable bonds is 5. The van der Waals surface area contributed by atoms with Crippen LogP contribution in [0.4, 0.5) is 0 Å². The molecule has 5 nitrogen and oxygen atoms in total. The van der Waals surface area contributed by atoms with Crippen LogP contribution in [-0.4, -0.2) is 24.5 Å². The number of pyridine rings is 2. The number of nitrogens with one attached hydrogen (secondary N) is 1. The number of thiocarbonyl (C=S) groups is 1. The Bertz CT molecular complexity index is 1310. The van der Waals surface area contributed by atoms with Crippen molar-refractivity contribution < 1.29 is 0 Å². The Hall–Kier alpha value is -3.51. The molecule has 34 heavy (non-hydrogen) atoms. The highest BCUT2D eigenvalue weighted by Crippen LogP contribution is 2.42. The molecular weight excluding hydrogens is 438 g/mol. The zero-order chi connectivity index (χ0) is 23.8. The molecule has 1 saturated heterocycles. The lowest BCUT2D eigenvalue weighted by Crippen LogP contribution is -2.29. The maximum atomic E-state index is 5.87. The van der Waals surface area contributed by atoms with E-state index in [-0.39, 0.29) is 12.1 Å². The van der Waals surface area contributed by atoms with Crippen molar-refractivity contribution in [3.8, 4) is 5.69 Å². The van der Waals surface area contributed by atoms with Crippen LogP contribution >= 0.6 is 12.2 Å². The van der Waals surface area contributed by atoms with E-state index in [9.17, 15) is 0 Å². The molecule has 0 amide bonds. The van der Waals surface area contributed by atoms with Crippen molar-refractivity contribution in [2.24, 2.45) is 0 Å². The van der Waals surface area contributed by atoms with Gasteiger partial charge in [0.05, 0.1) is 23.5 Å². The minimum atomic E-state index is -0.0442. The number of aromatic nitrogens is 3. The fraction of sp³-hybridized carbons (Fsp3) is 0.250. The second-order valence-corrected chi connectivity index (χ2v) is 9.40. The Balaban J connectivity index is 1.65. The van der Waals surface area contributed by atoms with Gasteiger partial charge in [0.1, 0.15) is 0 Å². The number of para-hydroxylation sites is 1. The van der Waals surface area contributed by atoms with Gasteiger partial charge in [-0.3, -0.25) is 9.97 Å². The largest absolute Gasteiger partial charge is 0.352 e. The number of aryl methyl sites for hydroxylation is 3. The van der Waals surface area contributed by atoms with Crippen molar-refractivity contribution in [1.82, 2.24) is 24.8 Å². The van der Waals surface area contributed by atoms with E-state index in [0.29, 0.717) is 6.54 Å². The first-order valence-electron chi connectivity index (χ1n) is 11.6. The Morgan fingerprint density at radius 1 is 0.941 bits per heavy atom. The number of benzene rings is 1. The highest BCUT2D eigenvalue weighted by Gasteiger charge is 2.41. The van der Waals surface area contributed by atoms with Gasteiger partial charge in [0.15, 0.2) is 5.11 Å². The summed E-state index contributed by atoms with van der Waals surface area (Å²) in [4.78, 5) is 11.3. The predicted octanol–water partition coefficient (Wildman–Crippen LogP) is 5.67. The van der Waals surface area contributed by atoms with Crippen LogP contribution in [0, 0.1) is 27.7 Å². The molecule has 6 heteroatoms. The standard InChI is InChI=1S/C28H29N5S/c1-18-9-7-10-19(2)26(18)33-20(3)15-23(21(33)4)27-25(24-12-5-6-14-30-24)31-28(34)32(27)17-22-11-8-13-29-16-22/h5-16,25,27H,17H2,1-4H3,(H,31,34)/t25-,27-/m1/s1. The zero-order valence-corrected chi connectivity index (χ0v) is 20.8. The minimum absolute atomic E-state index is 0.00637. The summed E-state index contributed by atoms with van der Waals surface area (Å²) in [7, 11) is 0. The van der Waals surface area contributed by atoms with Crippen LogP contribution in [-0.2, 0) is 6.54 Å². The average molecular weight is 468 g/mol. The summed E-state index contributed by atoms with van der Waals surface area (Å²) >= 11 is 5.87. The summed E-state index contributed by atoms with van der Waals surface area (Å²) in [6.07, 6.45) is 5.56. The third kappa shape index (κ3) is 3.88. The highest BCUT2D eigenvalue weighted by molar-refractivity contribution is 7.80. The van der Waals surface area contributed by atoms with E-state index in [2.05, 4.69) is 88.8 Å². The molecule has 3 aromatic heterocycles. The molecule has 0 unspecified atom stereocenters. The van der Waals surface area contributed by atoms with Crippen LogP contribution < -0.4 is 5.32 Å². The van der Waals surface area contributed by atoms with Crippen molar-refractivity contribution in [3.63, 3.8) is 0 Å². The summed E-state index contributed by atoms with van der Waals surface area (Å²) in [5, 5.41) is 4.31. The number of hydrogen-bond donors (Lipinski definition) is 1. The lowest BCUT2D eigenvalue weighted by molar-refractivity contribution is 0.310. The van der Waals surface area contributed by atoms with Crippen LogP contribution in [0.25, 0.3) is 5.69 Å². The first-order chi connectivity index (χ1) is 16.5. The molecule has 1 aliphatic heterocycles. The van der Waals surface area contributed by atoms with Gasteiger partial charge in [-0.15, -0.1) is 0 Å². The van der Waals surface area contributed by atoms with Crippen LogP contribution in [0.1, 0.15) is 51.4 Å². The summed E-state index contributed by atoms with van der Waals surface area (Å²) < 4.78 is 2.39. The third-order valence-corrected chi connectivity index (χ3v) is 7.08.